The molecule has 0 fully saturated rings. The van der Waals surface area contributed by atoms with Crippen LogP contribution in [-0.4, -0.2) is 99.7 Å². The molecule has 3 aromatic rings. The molecule has 0 radical (unpaired) electrons. The maximum absolute atomic E-state index is 15.9. The first-order valence-corrected chi connectivity index (χ1v) is 15.7. The zero-order valence-electron chi connectivity index (χ0n) is 29.7. The first-order valence-electron chi connectivity index (χ1n) is 15.7. The molecule has 0 aliphatic carbocycles. The molecule has 0 saturated carbocycles. The van der Waals surface area contributed by atoms with Gasteiger partial charge in [-0.25, -0.2) is 23.8 Å². The molecule has 2 heterocycles. The highest BCUT2D eigenvalue weighted by molar-refractivity contribution is 5.95. The molecule has 1 atom stereocenters. The minimum absolute atomic E-state index is 0.0373. The molecular weight excluding hydrogens is 800 g/mol. The van der Waals surface area contributed by atoms with Gasteiger partial charge in [0.25, 0.3) is 0 Å². The van der Waals surface area contributed by atoms with Gasteiger partial charge in [0.05, 0.1) is 43.5 Å². The number of ether oxygens (including phenoxy) is 2. The molecule has 0 saturated heterocycles. The van der Waals surface area contributed by atoms with Gasteiger partial charge in [0, 0.05) is 42.0 Å². The second-order valence-corrected chi connectivity index (χ2v) is 11.2. The van der Waals surface area contributed by atoms with E-state index >= 15 is 4.39 Å². The molecule has 15 nitrogen and oxygen atoms in total. The van der Waals surface area contributed by atoms with E-state index in [4.69, 9.17) is 55.3 Å². The summed E-state index contributed by atoms with van der Waals surface area (Å²) in [4.78, 5) is 40.8. The number of aliphatic imine (C=N–C) groups is 1. The number of anilines is 2. The number of carboxylic acid groups (broad SMARTS) is 3. The summed E-state index contributed by atoms with van der Waals surface area (Å²) in [5.41, 5.74) is 8.10. The first-order chi connectivity index (χ1) is 26.2. The van der Waals surface area contributed by atoms with Crippen LogP contribution in [0.5, 0.6) is 11.5 Å². The number of H-pyrrole nitrogens is 1. The van der Waals surface area contributed by atoms with Crippen LogP contribution in [0.25, 0.3) is 0 Å². The van der Waals surface area contributed by atoms with E-state index in [-0.39, 0.29) is 35.8 Å². The van der Waals surface area contributed by atoms with Crippen LogP contribution in [0.3, 0.4) is 0 Å². The lowest BCUT2D eigenvalue weighted by molar-refractivity contribution is -0.193. The molecule has 2 aromatic carbocycles. The first kappa shape index (κ1) is 48.7. The highest BCUT2D eigenvalue weighted by atomic mass is 19.4. The number of carboxylic acids is 3. The zero-order chi connectivity index (χ0) is 43.9. The van der Waals surface area contributed by atoms with E-state index in [0.717, 1.165) is 12.2 Å². The van der Waals surface area contributed by atoms with Gasteiger partial charge in [0.15, 0.2) is 11.6 Å². The van der Waals surface area contributed by atoms with Crippen molar-refractivity contribution >= 4 is 41.5 Å². The van der Waals surface area contributed by atoms with Crippen LogP contribution in [0.2, 0.25) is 0 Å². The predicted molar refractivity (Wildman–Crippen MR) is 180 cm³/mol. The molecule has 0 bridgehead atoms. The molecular formula is C32H35F10N7O8. The Bertz CT molecular complexity index is 1770. The van der Waals surface area contributed by atoms with Gasteiger partial charge in [-0.2, -0.15) is 39.5 Å². The van der Waals surface area contributed by atoms with Crippen LogP contribution in [0.4, 0.5) is 55.3 Å². The number of halogens is 10. The highest BCUT2D eigenvalue weighted by Crippen LogP contribution is 2.38. The van der Waals surface area contributed by atoms with Gasteiger partial charge >= 0.3 is 36.4 Å². The number of amidine groups is 1. The summed E-state index contributed by atoms with van der Waals surface area (Å²) in [5.74, 6) is -7.36. The summed E-state index contributed by atoms with van der Waals surface area (Å²) in [6.07, 6.45) is -11.9. The number of aliphatic carboxylic acids is 3. The zero-order valence-corrected chi connectivity index (χ0v) is 29.7. The largest absolute Gasteiger partial charge is 0.494 e. The summed E-state index contributed by atoms with van der Waals surface area (Å²) in [7, 11) is 0. The van der Waals surface area contributed by atoms with Gasteiger partial charge in [0.2, 0.25) is 0 Å². The SMILES string of the molecule is CCOc1cc(OC(C)C)c(F)c(N(Cc2nc(C3CN=CNC3)c[nH]2)c2ccc(C(=N)N)cc2)c1.O=C(O)C(F)(F)F.O=C(O)C(F)(F)F.O=C(O)C(F)(F)F. The Morgan fingerprint density at radius 1 is 0.947 bits per heavy atom. The van der Waals surface area contributed by atoms with Crippen molar-refractivity contribution in [1.82, 2.24) is 15.3 Å². The lowest BCUT2D eigenvalue weighted by Crippen LogP contribution is -2.27. The molecule has 8 N–H and O–H groups in total. The molecule has 1 unspecified atom stereocenters. The Balaban J connectivity index is 0.000000632. The van der Waals surface area contributed by atoms with Crippen molar-refractivity contribution < 1.29 is 83.1 Å². The second kappa shape index (κ2) is 21.1. The Morgan fingerprint density at radius 2 is 1.46 bits per heavy atom. The van der Waals surface area contributed by atoms with E-state index in [1.165, 1.54) is 0 Å². The normalized spacial score (nSPS) is 13.6. The third-order valence-electron chi connectivity index (χ3n) is 6.42. The summed E-state index contributed by atoms with van der Waals surface area (Å²) in [5, 5.41) is 32.2. The van der Waals surface area contributed by atoms with Crippen molar-refractivity contribution in [3.63, 3.8) is 0 Å². The summed E-state index contributed by atoms with van der Waals surface area (Å²) >= 11 is 0. The van der Waals surface area contributed by atoms with Crippen molar-refractivity contribution in [3.05, 3.63) is 65.5 Å². The number of carbonyl (C=O) groups is 3. The molecule has 57 heavy (non-hydrogen) atoms. The van der Waals surface area contributed by atoms with E-state index in [9.17, 15) is 39.5 Å². The Kier molecular flexibility index (Phi) is 18.1. The average Bonchev–Trinajstić information content (AvgIpc) is 3.57. The number of aromatic amines is 1. The van der Waals surface area contributed by atoms with Crippen LogP contribution < -0.4 is 25.4 Å². The van der Waals surface area contributed by atoms with Crippen molar-refractivity contribution in [2.45, 2.75) is 57.9 Å². The van der Waals surface area contributed by atoms with Gasteiger partial charge in [-0.3, -0.25) is 10.4 Å². The van der Waals surface area contributed by atoms with E-state index < -0.39 is 42.3 Å². The predicted octanol–water partition coefficient (Wildman–Crippen LogP) is 5.97. The van der Waals surface area contributed by atoms with Gasteiger partial charge in [0.1, 0.15) is 17.4 Å². The van der Waals surface area contributed by atoms with Gasteiger partial charge < -0.3 is 45.7 Å². The average molecular weight is 836 g/mol. The Labute approximate surface area is 315 Å². The molecule has 316 valence electrons. The number of nitrogens with zero attached hydrogens (tertiary/aromatic N) is 3. The fraction of sp³-hybridized carbons (Fsp3) is 0.375. The molecule has 1 aliphatic heterocycles. The number of imidazole rings is 1. The fourth-order valence-corrected chi connectivity index (χ4v) is 4.00. The van der Waals surface area contributed by atoms with Crippen LogP contribution in [0, 0.1) is 11.2 Å². The molecule has 4 rings (SSSR count). The van der Waals surface area contributed by atoms with Crippen LogP contribution in [-0.2, 0) is 20.9 Å². The number of aromatic nitrogens is 2. The standard InChI is InChI=1S/C26H32FN7O2.3C2HF3O2/c1-4-35-20-9-22(25(27)23(10-20)36-16(2)3)34(19-7-5-17(6-8-19)26(28)29)14-24-32-13-21(33-24)18-11-30-15-31-12-18;3*3-2(4,5)1(6)7/h5-10,13,15-16,18H,4,11-12,14H2,1-3H3,(H3,28,29)(H,30,31)(H,32,33);3*(H,6,7). The highest BCUT2D eigenvalue weighted by Gasteiger charge is 2.39. The van der Waals surface area contributed by atoms with E-state index in [2.05, 4.69) is 15.3 Å². The molecule has 0 amide bonds. The number of benzene rings is 2. The Hall–Kier alpha value is -6.30. The third kappa shape index (κ3) is 16.9. The lowest BCUT2D eigenvalue weighted by atomic mass is 10.1. The van der Waals surface area contributed by atoms with Crippen LogP contribution in [0.1, 0.15) is 43.8 Å². The third-order valence-corrected chi connectivity index (χ3v) is 6.42. The monoisotopic (exact) mass is 835 g/mol. The molecule has 1 aromatic heterocycles. The minimum Gasteiger partial charge on any atom is -0.494 e. The summed E-state index contributed by atoms with van der Waals surface area (Å²) in [6, 6.07) is 10.3. The number of rotatable bonds is 10. The lowest BCUT2D eigenvalue weighted by Gasteiger charge is -2.26. The number of nitrogens with one attached hydrogen (secondary N) is 3. The number of hydrogen-bond acceptors (Lipinski definition) is 10. The molecule has 25 heteroatoms. The van der Waals surface area contributed by atoms with Crippen LogP contribution in [0.15, 0.2) is 47.6 Å². The second-order valence-electron chi connectivity index (χ2n) is 11.2. The van der Waals surface area contributed by atoms with Gasteiger partial charge in [-0.1, -0.05) is 0 Å². The van der Waals surface area contributed by atoms with Crippen LogP contribution >= 0.6 is 0 Å². The van der Waals surface area contributed by atoms with Gasteiger partial charge in [-0.15, -0.1) is 0 Å². The molecule has 1 aliphatic rings. The number of alkyl halides is 9. The van der Waals surface area contributed by atoms with E-state index in [0.29, 0.717) is 36.0 Å². The van der Waals surface area contributed by atoms with E-state index in [1.807, 2.05) is 27.0 Å². The van der Waals surface area contributed by atoms with Gasteiger partial charge in [-0.05, 0) is 45.0 Å². The summed E-state index contributed by atoms with van der Waals surface area (Å²) < 4.78 is 123. The van der Waals surface area contributed by atoms with Crippen molar-refractivity contribution in [1.29, 1.82) is 5.41 Å². The molecule has 0 spiro atoms. The smallest absolute Gasteiger partial charge is 0.490 e. The quantitative estimate of drug-likeness (QED) is 0.0711. The van der Waals surface area contributed by atoms with Crippen molar-refractivity contribution in [3.8, 4) is 11.5 Å². The number of nitrogens with two attached hydrogens (primary N) is 1. The topological polar surface area (TPSA) is 237 Å². The summed E-state index contributed by atoms with van der Waals surface area (Å²) in [6.45, 7) is 7.67. The maximum atomic E-state index is 15.9. The number of nitrogen functional groups attached to an aromatic ring is 1. The maximum Gasteiger partial charge on any atom is 0.490 e. The Morgan fingerprint density at radius 3 is 1.86 bits per heavy atom. The van der Waals surface area contributed by atoms with E-state index in [1.54, 1.807) is 47.6 Å². The number of hydrogen-bond donors (Lipinski definition) is 7. The van der Waals surface area contributed by atoms with Crippen molar-refractivity contribution in [2.24, 2.45) is 10.7 Å². The fourth-order valence-electron chi connectivity index (χ4n) is 4.00. The van der Waals surface area contributed by atoms with Crippen molar-refractivity contribution in [2.75, 3.05) is 24.6 Å². The minimum atomic E-state index is -5.08.